The third kappa shape index (κ3) is 3.28. The largest absolute Gasteiger partial charge is 0.378 e. The molecule has 1 aromatic rings. The van der Waals surface area contributed by atoms with Gasteiger partial charge < -0.3 is 15.4 Å². The van der Waals surface area contributed by atoms with Crippen molar-refractivity contribution < 1.29 is 4.74 Å². The van der Waals surface area contributed by atoms with E-state index in [4.69, 9.17) is 4.74 Å². The Bertz CT molecular complexity index is 475. The Labute approximate surface area is 127 Å². The molecular formula is C16H28N4O. The Balaban J connectivity index is 2.04. The smallest absolute Gasteiger partial charge is 0.134 e. The first-order valence-corrected chi connectivity index (χ1v) is 7.94. The molecule has 21 heavy (non-hydrogen) atoms. The van der Waals surface area contributed by atoms with Crippen LogP contribution in [0.3, 0.4) is 0 Å². The van der Waals surface area contributed by atoms with Gasteiger partial charge in [-0.25, -0.2) is 9.97 Å². The molecule has 1 saturated carbocycles. The summed E-state index contributed by atoms with van der Waals surface area (Å²) >= 11 is 0. The third-order valence-electron chi connectivity index (χ3n) is 4.48. The Hall–Kier alpha value is -1.36. The van der Waals surface area contributed by atoms with Gasteiger partial charge in [0.05, 0.1) is 6.10 Å². The zero-order valence-electron chi connectivity index (χ0n) is 13.9. The highest BCUT2D eigenvalue weighted by atomic mass is 16.5. The highest BCUT2D eigenvalue weighted by Gasteiger charge is 2.49. The topological polar surface area (TPSA) is 59.1 Å². The van der Waals surface area contributed by atoms with Crippen LogP contribution in [0, 0.1) is 12.3 Å². The summed E-state index contributed by atoms with van der Waals surface area (Å²) in [5.74, 6) is 1.85. The van der Waals surface area contributed by atoms with Crippen LogP contribution in [0.5, 0.6) is 0 Å². The quantitative estimate of drug-likeness (QED) is 0.808. The summed E-state index contributed by atoms with van der Waals surface area (Å²) in [4.78, 5) is 8.72. The average Bonchev–Trinajstić information content (AvgIpc) is 2.46. The van der Waals surface area contributed by atoms with E-state index in [1.54, 1.807) is 6.33 Å². The van der Waals surface area contributed by atoms with Crippen molar-refractivity contribution in [1.82, 2.24) is 9.97 Å². The summed E-state index contributed by atoms with van der Waals surface area (Å²) in [6, 6.07) is 0.390. The molecule has 0 aromatic carbocycles. The van der Waals surface area contributed by atoms with Crippen LogP contribution in [0.2, 0.25) is 0 Å². The molecule has 5 heteroatoms. The number of nitrogens with one attached hydrogen (secondary N) is 2. The second-order valence-corrected chi connectivity index (χ2v) is 6.32. The molecule has 1 aliphatic rings. The highest BCUT2D eigenvalue weighted by Crippen LogP contribution is 2.44. The lowest BCUT2D eigenvalue weighted by Crippen LogP contribution is -2.58. The van der Waals surface area contributed by atoms with Crippen molar-refractivity contribution in [3.8, 4) is 0 Å². The second-order valence-electron chi connectivity index (χ2n) is 6.32. The molecule has 0 saturated heterocycles. The minimum Gasteiger partial charge on any atom is -0.378 e. The molecule has 0 aliphatic heterocycles. The monoisotopic (exact) mass is 292 g/mol. The van der Waals surface area contributed by atoms with Gasteiger partial charge in [0.2, 0.25) is 0 Å². The number of aromatic nitrogens is 2. The van der Waals surface area contributed by atoms with E-state index in [2.05, 4.69) is 55.2 Å². The van der Waals surface area contributed by atoms with Crippen LogP contribution in [-0.2, 0) is 4.74 Å². The molecule has 0 spiro atoms. The van der Waals surface area contributed by atoms with E-state index in [-0.39, 0.29) is 5.41 Å². The Kier molecular flexibility index (Phi) is 5.04. The lowest BCUT2D eigenvalue weighted by Gasteiger charge is -2.51. The molecule has 2 unspecified atom stereocenters. The maximum absolute atomic E-state index is 5.78. The maximum atomic E-state index is 5.78. The summed E-state index contributed by atoms with van der Waals surface area (Å²) in [6.45, 7) is 12.5. The predicted molar refractivity (Wildman–Crippen MR) is 86.8 cm³/mol. The number of nitrogens with zero attached hydrogens (tertiary/aromatic N) is 2. The van der Waals surface area contributed by atoms with Crippen molar-refractivity contribution in [3.63, 3.8) is 0 Å². The van der Waals surface area contributed by atoms with Gasteiger partial charge in [0.1, 0.15) is 18.0 Å². The van der Waals surface area contributed by atoms with Crippen LogP contribution in [0.15, 0.2) is 6.33 Å². The van der Waals surface area contributed by atoms with E-state index < -0.39 is 0 Å². The lowest BCUT2D eigenvalue weighted by atomic mass is 9.64. The molecule has 2 N–H and O–H groups in total. The zero-order valence-corrected chi connectivity index (χ0v) is 13.9. The van der Waals surface area contributed by atoms with Crippen molar-refractivity contribution in [3.05, 3.63) is 11.9 Å². The minimum atomic E-state index is 0.129. The number of rotatable bonds is 7. The molecular weight excluding hydrogens is 264 g/mol. The van der Waals surface area contributed by atoms with E-state index in [0.717, 1.165) is 43.2 Å². The number of hydrogen-bond donors (Lipinski definition) is 2. The van der Waals surface area contributed by atoms with Gasteiger partial charge >= 0.3 is 0 Å². The van der Waals surface area contributed by atoms with E-state index in [0.29, 0.717) is 12.1 Å². The van der Waals surface area contributed by atoms with Crippen LogP contribution in [-0.4, -0.2) is 35.3 Å². The molecule has 0 bridgehead atoms. The van der Waals surface area contributed by atoms with Crippen LogP contribution in [0.25, 0.3) is 0 Å². The molecule has 1 heterocycles. The van der Waals surface area contributed by atoms with E-state index >= 15 is 0 Å². The summed E-state index contributed by atoms with van der Waals surface area (Å²) < 4.78 is 5.78. The Morgan fingerprint density at radius 3 is 2.62 bits per heavy atom. The summed E-state index contributed by atoms with van der Waals surface area (Å²) in [7, 11) is 0. The summed E-state index contributed by atoms with van der Waals surface area (Å²) in [6.07, 6.45) is 4.07. The number of hydrogen-bond acceptors (Lipinski definition) is 5. The molecule has 2 rings (SSSR count). The molecule has 118 valence electrons. The van der Waals surface area contributed by atoms with E-state index in [1.807, 2.05) is 0 Å². The molecule has 1 aliphatic carbocycles. The first kappa shape index (κ1) is 16.0. The van der Waals surface area contributed by atoms with Gasteiger partial charge in [-0.15, -0.1) is 0 Å². The fourth-order valence-electron chi connectivity index (χ4n) is 2.80. The lowest BCUT2D eigenvalue weighted by molar-refractivity contribution is -0.0976. The molecule has 5 nitrogen and oxygen atoms in total. The van der Waals surface area contributed by atoms with Crippen molar-refractivity contribution in [2.45, 2.75) is 59.6 Å². The minimum absolute atomic E-state index is 0.129. The third-order valence-corrected chi connectivity index (χ3v) is 4.48. The van der Waals surface area contributed by atoms with Gasteiger partial charge in [-0.2, -0.15) is 0 Å². The summed E-state index contributed by atoms with van der Waals surface area (Å²) in [5, 5.41) is 6.92. The van der Waals surface area contributed by atoms with Gasteiger partial charge in [0.25, 0.3) is 0 Å². The van der Waals surface area contributed by atoms with Gasteiger partial charge in [0.15, 0.2) is 0 Å². The normalized spacial score (nSPS) is 23.5. The van der Waals surface area contributed by atoms with E-state index in [9.17, 15) is 0 Å². The first-order chi connectivity index (χ1) is 10.0. The van der Waals surface area contributed by atoms with Gasteiger partial charge in [0, 0.05) is 30.2 Å². The van der Waals surface area contributed by atoms with E-state index in [1.165, 1.54) is 0 Å². The van der Waals surface area contributed by atoms with Crippen molar-refractivity contribution in [2.75, 3.05) is 23.8 Å². The first-order valence-electron chi connectivity index (χ1n) is 7.94. The number of anilines is 2. The average molecular weight is 292 g/mol. The van der Waals surface area contributed by atoms with Gasteiger partial charge in [-0.05, 0) is 26.7 Å². The fraction of sp³-hybridized carbons (Fsp3) is 0.750. The standard InChI is InChI=1S/C16H28N4O/c1-6-8-17-14-11(3)15(19-10-18-14)20-12-9-13(21-7-2)16(12,4)5/h10,12-13H,6-9H2,1-5H3,(H2,17,18,19,20). The van der Waals surface area contributed by atoms with Crippen LogP contribution >= 0.6 is 0 Å². The van der Waals surface area contributed by atoms with Gasteiger partial charge in [-0.1, -0.05) is 20.8 Å². The molecule has 0 amide bonds. The highest BCUT2D eigenvalue weighted by molar-refractivity contribution is 5.57. The Morgan fingerprint density at radius 2 is 2.00 bits per heavy atom. The maximum Gasteiger partial charge on any atom is 0.134 e. The predicted octanol–water partition coefficient (Wildman–Crippen LogP) is 3.22. The van der Waals surface area contributed by atoms with Crippen LogP contribution in [0.4, 0.5) is 11.6 Å². The van der Waals surface area contributed by atoms with Crippen LogP contribution < -0.4 is 10.6 Å². The fourth-order valence-corrected chi connectivity index (χ4v) is 2.80. The van der Waals surface area contributed by atoms with Gasteiger partial charge in [-0.3, -0.25) is 0 Å². The van der Waals surface area contributed by atoms with Crippen LogP contribution in [0.1, 0.15) is 46.1 Å². The molecule has 0 radical (unpaired) electrons. The number of ether oxygens (including phenoxy) is 1. The van der Waals surface area contributed by atoms with Crippen molar-refractivity contribution in [2.24, 2.45) is 5.41 Å². The zero-order chi connectivity index (χ0) is 15.5. The Morgan fingerprint density at radius 1 is 1.29 bits per heavy atom. The van der Waals surface area contributed by atoms with Crippen molar-refractivity contribution >= 4 is 11.6 Å². The SMILES string of the molecule is CCCNc1ncnc(NC2CC(OCC)C2(C)C)c1C. The molecule has 1 fully saturated rings. The molecule has 1 aromatic heterocycles. The molecule has 2 atom stereocenters. The summed E-state index contributed by atoms with van der Waals surface area (Å²) in [5.41, 5.74) is 1.21. The van der Waals surface area contributed by atoms with Crippen molar-refractivity contribution in [1.29, 1.82) is 0 Å². The second kappa shape index (κ2) is 6.60.